The van der Waals surface area contributed by atoms with E-state index in [0.717, 1.165) is 13.1 Å². The smallest absolute Gasteiger partial charge is 0.247 e. The Bertz CT molecular complexity index is 271. The summed E-state index contributed by atoms with van der Waals surface area (Å²) in [7, 11) is 0. The number of primary amides is 1. The highest BCUT2D eigenvalue weighted by Crippen LogP contribution is 2.08. The van der Waals surface area contributed by atoms with Crippen LogP contribution in [0.5, 0.6) is 0 Å². The molecule has 0 aliphatic carbocycles. The van der Waals surface area contributed by atoms with Crippen molar-refractivity contribution in [3.63, 3.8) is 0 Å². The van der Waals surface area contributed by atoms with Crippen LogP contribution >= 0.6 is 0 Å². The molecule has 0 saturated carbocycles. The minimum atomic E-state index is -0.328. The normalized spacial score (nSPS) is 22.1. The quantitative estimate of drug-likeness (QED) is 0.642. The van der Waals surface area contributed by atoms with Crippen LogP contribution in [0.4, 0.5) is 0 Å². The maximum Gasteiger partial charge on any atom is 0.247 e. The number of rotatable bonds is 4. The first-order chi connectivity index (χ1) is 7.25. The first-order valence-electron chi connectivity index (χ1n) is 5.49. The Morgan fingerprint density at radius 3 is 2.73 bits per heavy atom. The molecule has 0 aromatic rings. The third-order valence-electron chi connectivity index (χ3n) is 2.96. The van der Waals surface area contributed by atoms with E-state index in [9.17, 15) is 4.79 Å². The van der Waals surface area contributed by atoms with E-state index < -0.39 is 0 Å². The number of nitrogens with zero attached hydrogens (tertiary/aromatic N) is 2. The van der Waals surface area contributed by atoms with Crippen molar-refractivity contribution in [1.29, 1.82) is 0 Å². The molecule has 0 unspecified atom stereocenters. The van der Waals surface area contributed by atoms with Gasteiger partial charge in [0, 0.05) is 31.4 Å². The molecule has 84 valence electrons. The van der Waals surface area contributed by atoms with E-state index in [2.05, 4.69) is 10.3 Å². The summed E-state index contributed by atoms with van der Waals surface area (Å²) in [4.78, 5) is 13.3. The highest BCUT2D eigenvalue weighted by molar-refractivity contribution is 5.92. The Morgan fingerprint density at radius 2 is 2.13 bits per heavy atom. The predicted octanol–water partition coefficient (Wildman–Crippen LogP) is -0.728. The van der Waals surface area contributed by atoms with Gasteiger partial charge >= 0.3 is 0 Å². The number of hydrazine groups is 1. The lowest BCUT2D eigenvalue weighted by molar-refractivity contribution is -0.114. The number of carbonyl (C=O) groups is 1. The monoisotopic (exact) mass is 210 g/mol. The molecule has 2 aliphatic rings. The molecule has 0 radical (unpaired) electrons. The Balaban J connectivity index is 1.74. The van der Waals surface area contributed by atoms with Gasteiger partial charge in [-0.2, -0.15) is 0 Å². The van der Waals surface area contributed by atoms with E-state index in [1.165, 1.54) is 25.9 Å². The zero-order valence-corrected chi connectivity index (χ0v) is 8.91. The second-order valence-corrected chi connectivity index (χ2v) is 4.10. The standard InChI is InChI=1S/C10H18N4O/c11-10(15)9-7-12-14(8-9)6-5-13-3-1-2-4-13/h8,12H,1-7H2,(H2,11,15). The Kier molecular flexibility index (Phi) is 3.23. The molecule has 15 heavy (non-hydrogen) atoms. The van der Waals surface area contributed by atoms with Crippen LogP contribution in [0.15, 0.2) is 11.8 Å². The molecular weight excluding hydrogens is 192 g/mol. The SMILES string of the molecule is NC(=O)C1=CN(CCN2CCCC2)NC1. The molecule has 2 aliphatic heterocycles. The minimum Gasteiger partial charge on any atom is -0.366 e. The summed E-state index contributed by atoms with van der Waals surface area (Å²) >= 11 is 0. The lowest BCUT2D eigenvalue weighted by Gasteiger charge is -2.20. The van der Waals surface area contributed by atoms with Crippen LogP contribution in [0.25, 0.3) is 0 Å². The van der Waals surface area contributed by atoms with Crippen LogP contribution in [0.2, 0.25) is 0 Å². The summed E-state index contributed by atoms with van der Waals surface area (Å²) in [6.45, 7) is 4.95. The van der Waals surface area contributed by atoms with Crippen LogP contribution in [-0.2, 0) is 4.79 Å². The second kappa shape index (κ2) is 4.63. The fraction of sp³-hybridized carbons (Fsp3) is 0.700. The minimum absolute atomic E-state index is 0.328. The van der Waals surface area contributed by atoms with Crippen LogP contribution in [0, 0.1) is 0 Å². The molecule has 0 bridgehead atoms. The van der Waals surface area contributed by atoms with Gasteiger partial charge in [-0.05, 0) is 25.9 Å². The van der Waals surface area contributed by atoms with Crippen molar-refractivity contribution < 1.29 is 4.79 Å². The van der Waals surface area contributed by atoms with Gasteiger partial charge in [-0.15, -0.1) is 0 Å². The molecule has 2 heterocycles. The first kappa shape index (κ1) is 10.4. The van der Waals surface area contributed by atoms with E-state index in [4.69, 9.17) is 5.73 Å². The number of hydrogen-bond donors (Lipinski definition) is 2. The summed E-state index contributed by atoms with van der Waals surface area (Å²) in [5, 5.41) is 1.96. The van der Waals surface area contributed by atoms with Gasteiger partial charge in [0.25, 0.3) is 0 Å². The average molecular weight is 210 g/mol. The topological polar surface area (TPSA) is 61.6 Å². The maximum atomic E-state index is 10.9. The number of nitrogens with two attached hydrogens (primary N) is 1. The molecule has 0 aromatic heterocycles. The van der Waals surface area contributed by atoms with E-state index in [-0.39, 0.29) is 5.91 Å². The van der Waals surface area contributed by atoms with Crippen molar-refractivity contribution in [2.45, 2.75) is 12.8 Å². The zero-order valence-electron chi connectivity index (χ0n) is 8.91. The summed E-state index contributed by atoms with van der Waals surface area (Å²) in [5.74, 6) is -0.328. The number of likely N-dealkylation sites (tertiary alicyclic amines) is 1. The number of carbonyl (C=O) groups excluding carboxylic acids is 1. The van der Waals surface area contributed by atoms with Gasteiger partial charge in [-0.1, -0.05) is 0 Å². The molecule has 0 atom stereocenters. The van der Waals surface area contributed by atoms with Crippen molar-refractivity contribution >= 4 is 5.91 Å². The third kappa shape index (κ3) is 2.70. The fourth-order valence-corrected chi connectivity index (χ4v) is 2.02. The van der Waals surface area contributed by atoms with Crippen LogP contribution in [0.1, 0.15) is 12.8 Å². The molecule has 2 rings (SSSR count). The van der Waals surface area contributed by atoms with Gasteiger partial charge in [-0.25, -0.2) is 5.43 Å². The maximum absolute atomic E-state index is 10.9. The van der Waals surface area contributed by atoms with Gasteiger partial charge in [0.05, 0.1) is 0 Å². The Morgan fingerprint density at radius 1 is 1.40 bits per heavy atom. The van der Waals surface area contributed by atoms with Crippen LogP contribution in [0.3, 0.4) is 0 Å². The Hall–Kier alpha value is -1.07. The zero-order chi connectivity index (χ0) is 10.7. The molecule has 3 N–H and O–H groups in total. The lowest BCUT2D eigenvalue weighted by atomic mass is 10.3. The van der Waals surface area contributed by atoms with Gasteiger partial charge < -0.3 is 15.6 Å². The Labute approximate surface area is 89.9 Å². The van der Waals surface area contributed by atoms with Crippen molar-refractivity contribution in [3.05, 3.63) is 11.8 Å². The average Bonchev–Trinajstić information content (AvgIpc) is 2.86. The van der Waals surface area contributed by atoms with Crippen LogP contribution < -0.4 is 11.2 Å². The number of hydrogen-bond acceptors (Lipinski definition) is 4. The molecular formula is C10H18N4O. The fourth-order valence-electron chi connectivity index (χ4n) is 2.02. The summed E-state index contributed by atoms with van der Waals surface area (Å²) in [6, 6.07) is 0. The van der Waals surface area contributed by atoms with E-state index in [1.54, 1.807) is 0 Å². The molecule has 1 saturated heterocycles. The van der Waals surface area contributed by atoms with Crippen molar-refractivity contribution in [2.24, 2.45) is 5.73 Å². The van der Waals surface area contributed by atoms with E-state index in [0.29, 0.717) is 12.1 Å². The largest absolute Gasteiger partial charge is 0.366 e. The van der Waals surface area contributed by atoms with Gasteiger partial charge in [0.15, 0.2) is 0 Å². The van der Waals surface area contributed by atoms with E-state index in [1.807, 2.05) is 11.2 Å². The number of nitrogens with one attached hydrogen (secondary N) is 1. The lowest BCUT2D eigenvalue weighted by Crippen LogP contribution is -2.36. The van der Waals surface area contributed by atoms with Gasteiger partial charge in [0.1, 0.15) is 0 Å². The highest BCUT2D eigenvalue weighted by Gasteiger charge is 2.17. The predicted molar refractivity (Wildman–Crippen MR) is 57.7 cm³/mol. The third-order valence-corrected chi connectivity index (χ3v) is 2.96. The van der Waals surface area contributed by atoms with Gasteiger partial charge in [-0.3, -0.25) is 4.79 Å². The van der Waals surface area contributed by atoms with Crippen molar-refractivity contribution in [3.8, 4) is 0 Å². The molecule has 0 aromatic carbocycles. The summed E-state index contributed by atoms with van der Waals surface area (Å²) in [5.41, 5.74) is 8.98. The van der Waals surface area contributed by atoms with E-state index >= 15 is 0 Å². The first-order valence-corrected chi connectivity index (χ1v) is 5.49. The summed E-state index contributed by atoms with van der Waals surface area (Å²) < 4.78 is 0. The van der Waals surface area contributed by atoms with Crippen LogP contribution in [-0.4, -0.2) is 48.5 Å². The highest BCUT2D eigenvalue weighted by atomic mass is 16.1. The molecule has 1 amide bonds. The second-order valence-electron chi connectivity index (χ2n) is 4.10. The number of amides is 1. The molecule has 5 heteroatoms. The molecule has 5 nitrogen and oxygen atoms in total. The van der Waals surface area contributed by atoms with Crippen molar-refractivity contribution in [1.82, 2.24) is 15.3 Å². The van der Waals surface area contributed by atoms with Gasteiger partial charge in [0.2, 0.25) is 5.91 Å². The molecule has 0 spiro atoms. The molecule has 1 fully saturated rings. The summed E-state index contributed by atoms with van der Waals surface area (Å²) in [6.07, 6.45) is 4.45. The van der Waals surface area contributed by atoms with Crippen molar-refractivity contribution in [2.75, 3.05) is 32.7 Å².